The van der Waals surface area contributed by atoms with Crippen LogP contribution in [0.15, 0.2) is 0 Å². The van der Waals surface area contributed by atoms with Gasteiger partial charge >= 0.3 is 6.03 Å². The van der Waals surface area contributed by atoms with Gasteiger partial charge in [-0.05, 0) is 19.8 Å². The molecule has 2 aliphatic rings. The molecule has 15 heavy (non-hydrogen) atoms. The highest BCUT2D eigenvalue weighted by molar-refractivity contribution is 5.98. The molecule has 0 bridgehead atoms. The fourth-order valence-electron chi connectivity index (χ4n) is 2.61. The summed E-state index contributed by atoms with van der Waals surface area (Å²) in [7, 11) is 0. The molecule has 3 amide bonds. The maximum atomic E-state index is 11.7. The van der Waals surface area contributed by atoms with Gasteiger partial charge in [0.05, 0.1) is 5.92 Å². The van der Waals surface area contributed by atoms with Gasteiger partial charge in [-0.2, -0.15) is 0 Å². The molecule has 0 spiro atoms. The van der Waals surface area contributed by atoms with E-state index in [0.717, 1.165) is 12.8 Å². The highest BCUT2D eigenvalue weighted by Crippen LogP contribution is 2.36. The van der Waals surface area contributed by atoms with Gasteiger partial charge in [-0.3, -0.25) is 10.1 Å². The Morgan fingerprint density at radius 1 is 1.33 bits per heavy atom. The molecule has 4 heteroatoms. The molecule has 84 valence electrons. The van der Waals surface area contributed by atoms with Crippen molar-refractivity contribution >= 4 is 11.9 Å². The third-order valence-electron chi connectivity index (χ3n) is 3.71. The van der Waals surface area contributed by atoms with Crippen LogP contribution in [0.5, 0.6) is 0 Å². The summed E-state index contributed by atoms with van der Waals surface area (Å²) < 4.78 is 0. The highest BCUT2D eigenvalue weighted by Gasteiger charge is 2.42. The van der Waals surface area contributed by atoms with Crippen LogP contribution < -0.4 is 5.32 Å². The summed E-state index contributed by atoms with van der Waals surface area (Å²) in [5.74, 6) is -0.224. The largest absolute Gasteiger partial charge is 0.324 e. The molecule has 1 atom stereocenters. The molecule has 1 aliphatic heterocycles. The van der Waals surface area contributed by atoms with E-state index < -0.39 is 0 Å². The lowest BCUT2D eigenvalue weighted by atomic mass is 9.95. The first-order valence-corrected chi connectivity index (χ1v) is 5.65. The smallest absolute Gasteiger partial charge is 0.318 e. The Kier molecular flexibility index (Phi) is 2.44. The first-order valence-electron chi connectivity index (χ1n) is 5.65. The van der Waals surface area contributed by atoms with Crippen LogP contribution in [0.25, 0.3) is 0 Å². The number of carbonyl (C=O) groups excluding carboxylic acids is 2. The molecular weight excluding hydrogens is 192 g/mol. The van der Waals surface area contributed by atoms with Crippen molar-refractivity contribution in [3.63, 3.8) is 0 Å². The molecule has 0 aromatic carbocycles. The number of hydrogen-bond donors (Lipinski definition) is 1. The Bertz CT molecular complexity index is 295. The first kappa shape index (κ1) is 10.5. The predicted molar refractivity (Wildman–Crippen MR) is 56.3 cm³/mol. The van der Waals surface area contributed by atoms with Crippen molar-refractivity contribution in [2.75, 3.05) is 6.54 Å². The second kappa shape index (κ2) is 3.51. The van der Waals surface area contributed by atoms with Gasteiger partial charge in [0.2, 0.25) is 5.91 Å². The number of rotatable bonds is 1. The minimum Gasteiger partial charge on any atom is -0.318 e. The van der Waals surface area contributed by atoms with E-state index in [1.807, 2.05) is 11.8 Å². The number of imide groups is 1. The van der Waals surface area contributed by atoms with Gasteiger partial charge in [-0.15, -0.1) is 0 Å². The zero-order valence-electron chi connectivity index (χ0n) is 9.38. The fourth-order valence-corrected chi connectivity index (χ4v) is 2.61. The van der Waals surface area contributed by atoms with Crippen molar-refractivity contribution in [1.82, 2.24) is 10.2 Å². The zero-order chi connectivity index (χ0) is 11.1. The van der Waals surface area contributed by atoms with Gasteiger partial charge in [0.25, 0.3) is 0 Å². The first-order chi connectivity index (χ1) is 7.03. The molecule has 4 nitrogen and oxygen atoms in total. The van der Waals surface area contributed by atoms with Crippen molar-refractivity contribution < 1.29 is 9.59 Å². The lowest BCUT2D eigenvalue weighted by Gasteiger charge is -2.42. The normalized spacial score (nSPS) is 30.5. The van der Waals surface area contributed by atoms with E-state index in [9.17, 15) is 9.59 Å². The molecule has 0 radical (unpaired) electrons. The molecule has 2 rings (SSSR count). The second-order valence-electron chi connectivity index (χ2n) is 5.01. The lowest BCUT2D eigenvalue weighted by Crippen LogP contribution is -2.60. The molecule has 1 saturated heterocycles. The van der Waals surface area contributed by atoms with Crippen LogP contribution in [0.1, 0.15) is 39.5 Å². The number of nitrogens with zero attached hydrogens (tertiary/aromatic N) is 1. The van der Waals surface area contributed by atoms with E-state index >= 15 is 0 Å². The molecule has 1 heterocycles. The standard InChI is InChI=1S/C11H18N2O2/c1-8-7-13(10(15)12-9(8)14)11(2)5-3-4-6-11/h8H,3-7H2,1-2H3,(H,12,14,15). The summed E-state index contributed by atoms with van der Waals surface area (Å²) in [6.45, 7) is 4.57. The van der Waals surface area contributed by atoms with Crippen molar-refractivity contribution in [2.24, 2.45) is 5.92 Å². The zero-order valence-corrected chi connectivity index (χ0v) is 9.38. The van der Waals surface area contributed by atoms with Gasteiger partial charge < -0.3 is 4.90 Å². The summed E-state index contributed by atoms with van der Waals surface area (Å²) in [6, 6.07) is -0.206. The van der Waals surface area contributed by atoms with E-state index in [2.05, 4.69) is 12.2 Å². The van der Waals surface area contributed by atoms with E-state index in [1.165, 1.54) is 12.8 Å². The van der Waals surface area contributed by atoms with Crippen LogP contribution in [0.3, 0.4) is 0 Å². The third kappa shape index (κ3) is 1.73. The van der Waals surface area contributed by atoms with Crippen molar-refractivity contribution in [1.29, 1.82) is 0 Å². The van der Waals surface area contributed by atoms with Crippen molar-refractivity contribution in [2.45, 2.75) is 45.1 Å². The Balaban J connectivity index is 2.15. The maximum absolute atomic E-state index is 11.7. The molecule has 1 saturated carbocycles. The van der Waals surface area contributed by atoms with Gasteiger partial charge in [0.1, 0.15) is 0 Å². The Labute approximate surface area is 90.0 Å². The highest BCUT2D eigenvalue weighted by atomic mass is 16.2. The van der Waals surface area contributed by atoms with E-state index in [1.54, 1.807) is 0 Å². The summed E-state index contributed by atoms with van der Waals surface area (Å²) in [5, 5.41) is 2.43. The van der Waals surface area contributed by atoms with Crippen molar-refractivity contribution in [3.05, 3.63) is 0 Å². The molecule has 0 aromatic rings. The molecule has 1 aliphatic carbocycles. The topological polar surface area (TPSA) is 49.4 Å². The van der Waals surface area contributed by atoms with Gasteiger partial charge in [-0.1, -0.05) is 19.8 Å². The monoisotopic (exact) mass is 210 g/mol. The summed E-state index contributed by atoms with van der Waals surface area (Å²) in [4.78, 5) is 24.9. The minimum atomic E-state index is -0.206. The van der Waals surface area contributed by atoms with Crippen LogP contribution in [-0.4, -0.2) is 28.9 Å². The number of hydrogen-bond acceptors (Lipinski definition) is 2. The predicted octanol–water partition coefficient (Wildman–Crippen LogP) is 1.51. The molecule has 1 N–H and O–H groups in total. The van der Waals surface area contributed by atoms with E-state index in [4.69, 9.17) is 0 Å². The fraction of sp³-hybridized carbons (Fsp3) is 0.818. The molecule has 2 fully saturated rings. The van der Waals surface area contributed by atoms with Crippen molar-refractivity contribution in [3.8, 4) is 0 Å². The van der Waals surface area contributed by atoms with Crippen LogP contribution >= 0.6 is 0 Å². The van der Waals surface area contributed by atoms with Crippen LogP contribution in [0.2, 0.25) is 0 Å². The number of carbonyl (C=O) groups is 2. The van der Waals surface area contributed by atoms with E-state index in [-0.39, 0.29) is 23.4 Å². The Morgan fingerprint density at radius 3 is 2.53 bits per heavy atom. The van der Waals surface area contributed by atoms with Crippen LogP contribution in [0.4, 0.5) is 4.79 Å². The maximum Gasteiger partial charge on any atom is 0.324 e. The second-order valence-corrected chi connectivity index (χ2v) is 5.01. The summed E-state index contributed by atoms with van der Waals surface area (Å²) in [6.07, 6.45) is 4.48. The molecular formula is C11H18N2O2. The number of nitrogens with one attached hydrogen (secondary N) is 1. The minimum absolute atomic E-state index is 0.0287. The summed E-state index contributed by atoms with van der Waals surface area (Å²) in [5.41, 5.74) is -0.0287. The van der Waals surface area contributed by atoms with E-state index in [0.29, 0.717) is 6.54 Å². The van der Waals surface area contributed by atoms with Crippen LogP contribution in [-0.2, 0) is 4.79 Å². The molecule has 1 unspecified atom stereocenters. The van der Waals surface area contributed by atoms with Gasteiger partial charge in [0, 0.05) is 12.1 Å². The quantitative estimate of drug-likeness (QED) is 0.713. The average molecular weight is 210 g/mol. The summed E-state index contributed by atoms with van der Waals surface area (Å²) >= 11 is 0. The van der Waals surface area contributed by atoms with Gasteiger partial charge in [0.15, 0.2) is 0 Å². The van der Waals surface area contributed by atoms with Crippen LogP contribution in [0, 0.1) is 5.92 Å². The SMILES string of the molecule is CC1CN(C2(C)CCCC2)C(=O)NC1=O. The lowest BCUT2D eigenvalue weighted by molar-refractivity contribution is -0.126. The Hall–Kier alpha value is -1.06. The number of amides is 3. The third-order valence-corrected chi connectivity index (χ3v) is 3.71. The molecule has 0 aromatic heterocycles. The number of urea groups is 1. The van der Waals surface area contributed by atoms with Gasteiger partial charge in [-0.25, -0.2) is 4.79 Å². The average Bonchev–Trinajstić information content (AvgIpc) is 2.60. The Morgan fingerprint density at radius 2 is 1.93 bits per heavy atom.